The summed E-state index contributed by atoms with van der Waals surface area (Å²) in [6, 6.07) is 7.49. The number of benzene rings is 1. The summed E-state index contributed by atoms with van der Waals surface area (Å²) in [5, 5.41) is 0. The molecule has 0 N–H and O–H groups in total. The Morgan fingerprint density at radius 3 is 2.44 bits per heavy atom. The molecule has 1 atom stereocenters. The summed E-state index contributed by atoms with van der Waals surface area (Å²) in [4.78, 5) is 12.6. The largest absolute Gasteiger partial charge is 0.497 e. The molecule has 1 saturated carbocycles. The predicted molar refractivity (Wildman–Crippen MR) is 73.1 cm³/mol. The number of methoxy groups -OCH3 is 1. The maximum absolute atomic E-state index is 12.6. The first-order valence-electron chi connectivity index (χ1n) is 6.73. The molecule has 1 aromatic rings. The molecule has 18 heavy (non-hydrogen) atoms. The molecule has 1 aliphatic carbocycles. The molecule has 1 unspecified atom stereocenters. The number of Topliss-reactive ketones (excluding diaryl/α,β-unsaturated/α-hetero) is 1. The minimum atomic E-state index is 0.134. The van der Waals surface area contributed by atoms with E-state index in [0.717, 1.165) is 24.2 Å². The Bertz CT molecular complexity index is 417. The number of ketones is 1. The number of hydrogen-bond donors (Lipinski definition) is 0. The molecule has 0 bridgehead atoms. The van der Waals surface area contributed by atoms with E-state index in [0.29, 0.717) is 5.78 Å². The van der Waals surface area contributed by atoms with Gasteiger partial charge in [-0.05, 0) is 42.5 Å². The summed E-state index contributed by atoms with van der Waals surface area (Å²) in [5.74, 6) is 1.26. The molecular weight excluding hydrogens is 224 g/mol. The van der Waals surface area contributed by atoms with E-state index in [1.807, 2.05) is 24.3 Å². The van der Waals surface area contributed by atoms with Crippen LogP contribution in [0.1, 0.15) is 49.9 Å². The summed E-state index contributed by atoms with van der Waals surface area (Å²) in [7, 11) is 1.64. The molecule has 0 radical (unpaired) electrons. The van der Waals surface area contributed by atoms with Crippen LogP contribution in [0.2, 0.25) is 0 Å². The van der Waals surface area contributed by atoms with Crippen LogP contribution >= 0.6 is 0 Å². The normalized spacial score (nSPS) is 22.5. The molecule has 1 aromatic carbocycles. The zero-order valence-electron chi connectivity index (χ0n) is 11.5. The molecule has 1 fully saturated rings. The Balaban J connectivity index is 2.19. The highest BCUT2D eigenvalue weighted by molar-refractivity contribution is 5.98. The van der Waals surface area contributed by atoms with E-state index in [9.17, 15) is 4.79 Å². The van der Waals surface area contributed by atoms with Crippen molar-refractivity contribution in [2.75, 3.05) is 7.11 Å². The molecule has 0 spiro atoms. The molecule has 98 valence electrons. The first-order valence-corrected chi connectivity index (χ1v) is 6.73. The van der Waals surface area contributed by atoms with Crippen LogP contribution in [0, 0.1) is 11.3 Å². The maximum Gasteiger partial charge on any atom is 0.166 e. The number of ether oxygens (including phenoxy) is 1. The van der Waals surface area contributed by atoms with Gasteiger partial charge in [0, 0.05) is 11.5 Å². The fraction of sp³-hybridized carbons (Fsp3) is 0.562. The highest BCUT2D eigenvalue weighted by atomic mass is 16.5. The van der Waals surface area contributed by atoms with Gasteiger partial charge in [0.05, 0.1) is 7.11 Å². The standard InChI is InChI=1S/C16H22O2/c1-16(2)11-5-4-6-14(16)15(17)12-7-9-13(18-3)10-8-12/h7-10,14H,4-6,11H2,1-3H3. The third-order valence-electron chi connectivity index (χ3n) is 4.20. The second-order valence-corrected chi connectivity index (χ2v) is 5.88. The second kappa shape index (κ2) is 5.13. The van der Waals surface area contributed by atoms with Crippen LogP contribution in [0.5, 0.6) is 5.75 Å². The van der Waals surface area contributed by atoms with Gasteiger partial charge in [-0.15, -0.1) is 0 Å². The number of hydrogen-bond acceptors (Lipinski definition) is 2. The predicted octanol–water partition coefficient (Wildman–Crippen LogP) is 4.09. The van der Waals surface area contributed by atoms with E-state index in [2.05, 4.69) is 13.8 Å². The monoisotopic (exact) mass is 246 g/mol. The Labute approximate surface area is 109 Å². The molecule has 2 heteroatoms. The summed E-state index contributed by atoms with van der Waals surface area (Å²) in [6.07, 6.45) is 4.60. The van der Waals surface area contributed by atoms with Crippen LogP contribution < -0.4 is 4.74 Å². The van der Waals surface area contributed by atoms with Crippen LogP contribution in [-0.4, -0.2) is 12.9 Å². The lowest BCUT2D eigenvalue weighted by molar-refractivity contribution is 0.0697. The third kappa shape index (κ3) is 2.58. The van der Waals surface area contributed by atoms with Gasteiger partial charge in [-0.25, -0.2) is 0 Å². The van der Waals surface area contributed by atoms with Crippen LogP contribution in [0.3, 0.4) is 0 Å². The fourth-order valence-corrected chi connectivity index (χ4v) is 2.94. The molecule has 1 aliphatic rings. The van der Waals surface area contributed by atoms with Gasteiger partial charge >= 0.3 is 0 Å². The molecule has 0 amide bonds. The second-order valence-electron chi connectivity index (χ2n) is 5.88. The number of carbonyl (C=O) groups excluding carboxylic acids is 1. The topological polar surface area (TPSA) is 26.3 Å². The van der Waals surface area contributed by atoms with Crippen molar-refractivity contribution in [2.24, 2.45) is 11.3 Å². The van der Waals surface area contributed by atoms with Gasteiger partial charge in [-0.2, -0.15) is 0 Å². The first kappa shape index (κ1) is 13.1. The van der Waals surface area contributed by atoms with Gasteiger partial charge in [0.1, 0.15) is 5.75 Å². The lowest BCUT2D eigenvalue weighted by atomic mass is 9.66. The third-order valence-corrected chi connectivity index (χ3v) is 4.20. The van der Waals surface area contributed by atoms with E-state index in [1.54, 1.807) is 7.11 Å². The van der Waals surface area contributed by atoms with Crippen molar-refractivity contribution in [1.29, 1.82) is 0 Å². The van der Waals surface area contributed by atoms with E-state index in [4.69, 9.17) is 4.74 Å². The van der Waals surface area contributed by atoms with Crippen LogP contribution in [0.15, 0.2) is 24.3 Å². The molecule has 2 rings (SSSR count). The smallest absolute Gasteiger partial charge is 0.166 e. The van der Waals surface area contributed by atoms with Crippen LogP contribution in [-0.2, 0) is 0 Å². The maximum atomic E-state index is 12.6. The lowest BCUT2D eigenvalue weighted by Gasteiger charge is -2.37. The van der Waals surface area contributed by atoms with Crippen molar-refractivity contribution in [3.63, 3.8) is 0 Å². The van der Waals surface area contributed by atoms with E-state index >= 15 is 0 Å². The van der Waals surface area contributed by atoms with Gasteiger partial charge in [0.25, 0.3) is 0 Å². The Hall–Kier alpha value is -1.31. The molecule has 0 heterocycles. The van der Waals surface area contributed by atoms with Crippen molar-refractivity contribution in [3.8, 4) is 5.75 Å². The summed E-state index contributed by atoms with van der Waals surface area (Å²) in [5.41, 5.74) is 0.950. The molecule has 2 nitrogen and oxygen atoms in total. The molecule has 0 aliphatic heterocycles. The van der Waals surface area contributed by atoms with Crippen molar-refractivity contribution in [1.82, 2.24) is 0 Å². The van der Waals surface area contributed by atoms with Gasteiger partial charge in [-0.1, -0.05) is 26.7 Å². The van der Waals surface area contributed by atoms with Crippen molar-refractivity contribution in [3.05, 3.63) is 29.8 Å². The Morgan fingerprint density at radius 2 is 1.89 bits per heavy atom. The minimum absolute atomic E-state index is 0.134. The SMILES string of the molecule is COc1ccc(C(=O)C2CCCCC2(C)C)cc1. The number of rotatable bonds is 3. The Morgan fingerprint density at radius 1 is 1.22 bits per heavy atom. The van der Waals surface area contributed by atoms with Gasteiger partial charge in [0.15, 0.2) is 5.78 Å². The van der Waals surface area contributed by atoms with E-state index < -0.39 is 0 Å². The van der Waals surface area contributed by atoms with Crippen molar-refractivity contribution in [2.45, 2.75) is 39.5 Å². The average molecular weight is 246 g/mol. The lowest BCUT2D eigenvalue weighted by Crippen LogP contribution is -2.34. The van der Waals surface area contributed by atoms with Crippen LogP contribution in [0.25, 0.3) is 0 Å². The van der Waals surface area contributed by atoms with Crippen LogP contribution in [0.4, 0.5) is 0 Å². The van der Waals surface area contributed by atoms with Gasteiger partial charge < -0.3 is 4.74 Å². The highest BCUT2D eigenvalue weighted by Gasteiger charge is 2.37. The molecule has 0 saturated heterocycles. The van der Waals surface area contributed by atoms with Gasteiger partial charge in [0.2, 0.25) is 0 Å². The average Bonchev–Trinajstić information content (AvgIpc) is 2.37. The Kier molecular flexibility index (Phi) is 3.74. The first-order chi connectivity index (χ1) is 8.54. The molecule has 0 aromatic heterocycles. The van der Waals surface area contributed by atoms with E-state index in [-0.39, 0.29) is 11.3 Å². The zero-order chi connectivity index (χ0) is 13.2. The molecular formula is C16H22O2. The zero-order valence-corrected chi connectivity index (χ0v) is 11.5. The summed E-state index contributed by atoms with van der Waals surface area (Å²) < 4.78 is 5.12. The number of carbonyl (C=O) groups is 1. The quantitative estimate of drug-likeness (QED) is 0.751. The van der Waals surface area contributed by atoms with E-state index in [1.165, 1.54) is 12.8 Å². The van der Waals surface area contributed by atoms with Crippen molar-refractivity contribution >= 4 is 5.78 Å². The fourth-order valence-electron chi connectivity index (χ4n) is 2.94. The summed E-state index contributed by atoms with van der Waals surface area (Å²) in [6.45, 7) is 4.44. The highest BCUT2D eigenvalue weighted by Crippen LogP contribution is 2.42. The minimum Gasteiger partial charge on any atom is -0.497 e. The van der Waals surface area contributed by atoms with Gasteiger partial charge in [-0.3, -0.25) is 4.79 Å². The van der Waals surface area contributed by atoms with Crippen molar-refractivity contribution < 1.29 is 9.53 Å². The summed E-state index contributed by atoms with van der Waals surface area (Å²) >= 11 is 0.